The van der Waals surface area contributed by atoms with Gasteiger partial charge in [0.25, 0.3) is 0 Å². The quantitative estimate of drug-likeness (QED) is 0.226. The van der Waals surface area contributed by atoms with E-state index in [1.807, 2.05) is 0 Å². The van der Waals surface area contributed by atoms with Crippen molar-refractivity contribution in [1.29, 1.82) is 0 Å². The number of aliphatic hydroxyl groups is 1. The Balaban J connectivity index is -0.0000000275. The van der Waals surface area contributed by atoms with Crippen LogP contribution >= 0.6 is 0 Å². The Morgan fingerprint density at radius 1 is 1.33 bits per heavy atom. The van der Waals surface area contributed by atoms with E-state index < -0.39 is 0 Å². The third kappa shape index (κ3) is 48.9. The average Bonchev–Trinajstić information content (AvgIpc) is 1.46. The van der Waals surface area contributed by atoms with Crippen LogP contribution in [0.4, 0.5) is 0 Å². The standard InChI is InChI=1S/C2H6O.K.H2O2.H/c1-2-3;;1-2;/h3H,2H2,1H3;;1-2H;. The van der Waals surface area contributed by atoms with E-state index in [0.29, 0.717) is 0 Å². The molecule has 0 saturated heterocycles. The molecule has 0 saturated carbocycles. The molecule has 0 aliphatic carbocycles. The van der Waals surface area contributed by atoms with Gasteiger partial charge in [-0.1, -0.05) is 0 Å². The van der Waals surface area contributed by atoms with E-state index in [4.69, 9.17) is 15.6 Å². The molecule has 36 valence electrons. The van der Waals surface area contributed by atoms with Gasteiger partial charge < -0.3 is 5.11 Å². The van der Waals surface area contributed by atoms with Crippen LogP contribution in [-0.4, -0.2) is 73.6 Å². The maximum atomic E-state index is 7.57. The topological polar surface area (TPSA) is 60.7 Å². The normalized spacial score (nSPS) is 4.00. The summed E-state index contributed by atoms with van der Waals surface area (Å²) in [5, 5.41) is 19.6. The molecule has 4 heteroatoms. The van der Waals surface area contributed by atoms with E-state index in [1.165, 1.54) is 0 Å². The molecule has 0 spiro atoms. The summed E-state index contributed by atoms with van der Waals surface area (Å²) in [5.74, 6) is 0. The fourth-order valence-corrected chi connectivity index (χ4v) is 0. The van der Waals surface area contributed by atoms with Crippen LogP contribution in [0.5, 0.6) is 0 Å². The molecule has 0 aliphatic heterocycles. The van der Waals surface area contributed by atoms with Crippen LogP contribution in [0.15, 0.2) is 0 Å². The molecule has 0 rings (SSSR count). The monoisotopic (exact) mass is 120 g/mol. The van der Waals surface area contributed by atoms with Crippen molar-refractivity contribution in [3.8, 4) is 0 Å². The number of hydrogen-bond acceptors (Lipinski definition) is 3. The number of aliphatic hydroxyl groups excluding tert-OH is 1. The predicted molar refractivity (Wildman–Crippen MR) is 25.2 cm³/mol. The zero-order valence-corrected chi connectivity index (χ0v) is 3.05. The van der Waals surface area contributed by atoms with Gasteiger partial charge in [0.1, 0.15) is 0 Å². The van der Waals surface area contributed by atoms with Crippen LogP contribution in [0.3, 0.4) is 0 Å². The van der Waals surface area contributed by atoms with Crippen molar-refractivity contribution >= 4 is 51.4 Å². The van der Waals surface area contributed by atoms with E-state index >= 15 is 0 Å². The first-order valence-corrected chi connectivity index (χ1v) is 1.22. The average molecular weight is 120 g/mol. The third-order valence-corrected chi connectivity index (χ3v) is 0. The van der Waals surface area contributed by atoms with Crippen LogP contribution in [0.1, 0.15) is 6.92 Å². The van der Waals surface area contributed by atoms with Gasteiger partial charge in [-0.15, -0.1) is 0 Å². The van der Waals surface area contributed by atoms with Gasteiger partial charge in [0.2, 0.25) is 0 Å². The van der Waals surface area contributed by atoms with Gasteiger partial charge >= 0.3 is 51.4 Å². The Hall–Kier alpha value is 1.52. The van der Waals surface area contributed by atoms with E-state index in [-0.39, 0.29) is 58.0 Å². The minimum absolute atomic E-state index is 0. The van der Waals surface area contributed by atoms with Gasteiger partial charge in [-0.2, -0.15) is 0 Å². The molecule has 3 N–H and O–H groups in total. The van der Waals surface area contributed by atoms with Crippen molar-refractivity contribution in [2.75, 3.05) is 6.61 Å². The van der Waals surface area contributed by atoms with Gasteiger partial charge in [0, 0.05) is 6.61 Å². The molecule has 0 atom stereocenters. The summed E-state index contributed by atoms with van der Waals surface area (Å²) in [6.45, 7) is 1.93. The summed E-state index contributed by atoms with van der Waals surface area (Å²) in [7, 11) is 0. The van der Waals surface area contributed by atoms with E-state index in [2.05, 4.69) is 0 Å². The Labute approximate surface area is 79.3 Å². The van der Waals surface area contributed by atoms with Crippen molar-refractivity contribution in [3.63, 3.8) is 0 Å². The fraction of sp³-hybridized carbons (Fsp3) is 1.00. The van der Waals surface area contributed by atoms with Gasteiger partial charge in [0.15, 0.2) is 0 Å². The second-order valence-electron chi connectivity index (χ2n) is 0.316. The van der Waals surface area contributed by atoms with Crippen molar-refractivity contribution < 1.29 is 15.6 Å². The SMILES string of the molecule is CCO.OO.[KH]. The molecule has 0 amide bonds. The summed E-state index contributed by atoms with van der Waals surface area (Å²) in [6.07, 6.45) is 0. The van der Waals surface area contributed by atoms with Crippen LogP contribution in [0.25, 0.3) is 0 Å². The molecule has 0 unspecified atom stereocenters. The molecule has 0 fully saturated rings. The van der Waals surface area contributed by atoms with Crippen molar-refractivity contribution in [2.45, 2.75) is 6.92 Å². The van der Waals surface area contributed by atoms with Crippen molar-refractivity contribution in [3.05, 3.63) is 0 Å². The molecule has 0 aromatic heterocycles. The molecule has 0 heterocycles. The van der Waals surface area contributed by atoms with Crippen LogP contribution < -0.4 is 0 Å². The van der Waals surface area contributed by atoms with E-state index in [0.717, 1.165) is 0 Å². The summed E-state index contributed by atoms with van der Waals surface area (Å²) >= 11 is 0. The second-order valence-corrected chi connectivity index (χ2v) is 0.316. The molecule has 0 aromatic rings. The van der Waals surface area contributed by atoms with Crippen molar-refractivity contribution in [1.82, 2.24) is 0 Å². The molecule has 3 nitrogen and oxygen atoms in total. The molecule has 6 heavy (non-hydrogen) atoms. The van der Waals surface area contributed by atoms with Gasteiger partial charge in [0.05, 0.1) is 0 Å². The second kappa shape index (κ2) is 31.3. The zero-order valence-electron chi connectivity index (χ0n) is 3.05. The van der Waals surface area contributed by atoms with Crippen LogP contribution in [-0.2, 0) is 0 Å². The first-order valence-electron chi connectivity index (χ1n) is 1.22. The molecule has 0 radical (unpaired) electrons. The van der Waals surface area contributed by atoms with E-state index in [9.17, 15) is 0 Å². The number of hydrogen-bond donors (Lipinski definition) is 3. The number of rotatable bonds is 0. The third-order valence-electron chi connectivity index (χ3n) is 0. The summed E-state index contributed by atoms with van der Waals surface area (Å²) in [5.41, 5.74) is 0. The first-order chi connectivity index (χ1) is 2.41. The summed E-state index contributed by atoms with van der Waals surface area (Å²) < 4.78 is 0. The fourth-order valence-electron chi connectivity index (χ4n) is 0. The predicted octanol–water partition coefficient (Wildman–Crippen LogP) is -0.633. The van der Waals surface area contributed by atoms with Crippen LogP contribution in [0, 0.1) is 0 Å². The Kier molecular flexibility index (Phi) is 81.7. The Bertz CT molecular complexity index is 8.75. The van der Waals surface area contributed by atoms with Gasteiger partial charge in [-0.25, -0.2) is 0 Å². The minimum atomic E-state index is 0. The molecular weight excluding hydrogens is 111 g/mol. The summed E-state index contributed by atoms with van der Waals surface area (Å²) in [6, 6.07) is 0. The first kappa shape index (κ1) is 15.6. The van der Waals surface area contributed by atoms with Crippen LogP contribution in [0.2, 0.25) is 0 Å². The Morgan fingerprint density at radius 3 is 1.33 bits per heavy atom. The Morgan fingerprint density at radius 2 is 1.33 bits per heavy atom. The summed E-state index contributed by atoms with van der Waals surface area (Å²) in [4.78, 5) is 0. The molecule has 0 aliphatic rings. The van der Waals surface area contributed by atoms with Gasteiger partial charge in [-0.3, -0.25) is 10.5 Å². The van der Waals surface area contributed by atoms with Gasteiger partial charge in [-0.05, 0) is 6.92 Å². The van der Waals surface area contributed by atoms with E-state index in [1.54, 1.807) is 6.92 Å². The molecule has 0 bridgehead atoms. The molecule has 0 aromatic carbocycles. The maximum absolute atomic E-state index is 7.57. The molecular formula is C2H9KO3. The van der Waals surface area contributed by atoms with Crippen molar-refractivity contribution in [2.24, 2.45) is 0 Å². The zero-order chi connectivity index (χ0) is 4.71.